The normalized spacial score (nSPS) is 11.1. The second-order valence-corrected chi connectivity index (χ2v) is 6.58. The molecule has 5 aromatic rings. The summed E-state index contributed by atoms with van der Waals surface area (Å²) in [6.07, 6.45) is 0. The second kappa shape index (κ2) is 7.67. The van der Waals surface area contributed by atoms with E-state index in [4.69, 9.17) is 9.15 Å². The maximum atomic E-state index is 12.3. The van der Waals surface area contributed by atoms with Gasteiger partial charge in [-0.25, -0.2) is 0 Å². The number of amides is 1. The number of hydrogen-bond acceptors (Lipinski definition) is 6. The molecule has 1 N–H and O–H groups in total. The van der Waals surface area contributed by atoms with Gasteiger partial charge in [0.2, 0.25) is 5.88 Å². The molecule has 8 heteroatoms. The van der Waals surface area contributed by atoms with Gasteiger partial charge in [-0.1, -0.05) is 48.5 Å². The molecule has 0 spiro atoms. The molecule has 2 aromatic carbocycles. The van der Waals surface area contributed by atoms with Crippen molar-refractivity contribution >= 4 is 22.5 Å². The minimum Gasteiger partial charge on any atom is -0.475 e. The molecule has 0 aliphatic rings. The summed E-state index contributed by atoms with van der Waals surface area (Å²) in [5.74, 6) is 1.03. The lowest BCUT2D eigenvalue weighted by atomic mass is 10.2. The van der Waals surface area contributed by atoms with Crippen molar-refractivity contribution in [3.8, 4) is 17.3 Å². The Hall–Kier alpha value is -4.20. The van der Waals surface area contributed by atoms with Crippen LogP contribution in [0.3, 0.4) is 0 Å². The highest BCUT2D eigenvalue weighted by Gasteiger charge is 2.12. The zero-order valence-corrected chi connectivity index (χ0v) is 15.9. The van der Waals surface area contributed by atoms with Gasteiger partial charge in [-0.2, -0.15) is 4.52 Å². The van der Waals surface area contributed by atoms with E-state index in [1.54, 1.807) is 22.7 Å². The van der Waals surface area contributed by atoms with Crippen molar-refractivity contribution in [2.75, 3.05) is 13.2 Å². The molecule has 0 fully saturated rings. The molecular formula is C22H17N5O3. The summed E-state index contributed by atoms with van der Waals surface area (Å²) in [6.45, 7) is 0.566. The van der Waals surface area contributed by atoms with Crippen molar-refractivity contribution in [1.29, 1.82) is 0 Å². The van der Waals surface area contributed by atoms with E-state index in [0.29, 0.717) is 29.5 Å². The van der Waals surface area contributed by atoms with Crippen LogP contribution >= 0.6 is 0 Å². The van der Waals surface area contributed by atoms with Gasteiger partial charge in [0.1, 0.15) is 12.2 Å². The largest absolute Gasteiger partial charge is 0.475 e. The fraction of sp³-hybridized carbons (Fsp3) is 0.0909. The Morgan fingerprint density at radius 1 is 1.00 bits per heavy atom. The summed E-state index contributed by atoms with van der Waals surface area (Å²) < 4.78 is 12.9. The number of ether oxygens (including phenoxy) is 1. The van der Waals surface area contributed by atoms with Gasteiger partial charge in [-0.15, -0.1) is 15.3 Å². The highest BCUT2D eigenvalue weighted by Crippen LogP contribution is 2.19. The third-order valence-corrected chi connectivity index (χ3v) is 4.56. The summed E-state index contributed by atoms with van der Waals surface area (Å²) in [6, 6.07) is 22.4. The lowest BCUT2D eigenvalue weighted by molar-refractivity contribution is 0.0921. The lowest BCUT2D eigenvalue weighted by Gasteiger charge is -2.07. The van der Waals surface area contributed by atoms with Crippen LogP contribution in [0.1, 0.15) is 10.6 Å². The Labute approximate surface area is 171 Å². The maximum Gasteiger partial charge on any atom is 0.287 e. The first-order chi connectivity index (χ1) is 14.8. The summed E-state index contributed by atoms with van der Waals surface area (Å²) in [5, 5.41) is 16.5. The molecule has 3 aromatic heterocycles. The summed E-state index contributed by atoms with van der Waals surface area (Å²) >= 11 is 0. The van der Waals surface area contributed by atoms with Gasteiger partial charge in [0.25, 0.3) is 5.91 Å². The number of fused-ring (bicyclic) bond motifs is 2. The average Bonchev–Trinajstić information content (AvgIpc) is 3.41. The number of hydrogen-bond donors (Lipinski definition) is 1. The molecule has 30 heavy (non-hydrogen) atoms. The monoisotopic (exact) mass is 399 g/mol. The van der Waals surface area contributed by atoms with Gasteiger partial charge in [-0.05, 0) is 18.2 Å². The van der Waals surface area contributed by atoms with E-state index in [9.17, 15) is 4.79 Å². The third-order valence-electron chi connectivity index (χ3n) is 4.56. The topological polar surface area (TPSA) is 94.5 Å². The smallest absolute Gasteiger partial charge is 0.287 e. The van der Waals surface area contributed by atoms with Gasteiger partial charge in [0, 0.05) is 17.0 Å². The zero-order chi connectivity index (χ0) is 20.3. The standard InChI is InChI=1S/C22H17N5O3/c28-22(18-14-16-8-4-5-9-17(16)30-18)23-12-13-29-20-11-10-19-24-25-21(27(19)26-20)15-6-2-1-3-7-15/h1-11,14H,12-13H2,(H,23,28). The van der Waals surface area contributed by atoms with Crippen LogP contribution in [0, 0.1) is 0 Å². The molecule has 0 radical (unpaired) electrons. The average molecular weight is 399 g/mol. The molecule has 0 unspecified atom stereocenters. The van der Waals surface area contributed by atoms with E-state index in [1.807, 2.05) is 54.6 Å². The summed E-state index contributed by atoms with van der Waals surface area (Å²) in [7, 11) is 0. The minimum atomic E-state index is -0.289. The number of carbonyl (C=O) groups excluding carboxylic acids is 1. The Balaban J connectivity index is 1.22. The lowest BCUT2D eigenvalue weighted by Crippen LogP contribution is -2.27. The first-order valence-corrected chi connectivity index (χ1v) is 9.45. The number of carbonyl (C=O) groups is 1. The predicted molar refractivity (Wildman–Crippen MR) is 110 cm³/mol. The Kier molecular flexibility index (Phi) is 4.57. The van der Waals surface area contributed by atoms with Crippen LogP contribution < -0.4 is 10.1 Å². The number of nitrogens with zero attached hydrogens (tertiary/aromatic N) is 4. The number of aromatic nitrogens is 4. The van der Waals surface area contributed by atoms with Gasteiger partial charge in [0.05, 0.1) is 6.54 Å². The molecular weight excluding hydrogens is 382 g/mol. The molecule has 0 atom stereocenters. The van der Waals surface area contributed by atoms with Crippen molar-refractivity contribution in [1.82, 2.24) is 25.1 Å². The molecule has 8 nitrogen and oxygen atoms in total. The summed E-state index contributed by atoms with van der Waals surface area (Å²) in [5.41, 5.74) is 2.21. The Bertz CT molecular complexity index is 1290. The SMILES string of the molecule is O=C(NCCOc1ccc2nnc(-c3ccccc3)n2n1)c1cc2ccccc2o1. The first kappa shape index (κ1) is 17.9. The Morgan fingerprint density at radius 2 is 1.83 bits per heavy atom. The van der Waals surface area contributed by atoms with Gasteiger partial charge >= 0.3 is 0 Å². The highest BCUT2D eigenvalue weighted by molar-refractivity contribution is 5.96. The van der Waals surface area contributed by atoms with E-state index in [2.05, 4.69) is 20.6 Å². The molecule has 5 rings (SSSR count). The summed E-state index contributed by atoms with van der Waals surface area (Å²) in [4.78, 5) is 12.3. The van der Waals surface area contributed by atoms with Crippen molar-refractivity contribution in [3.05, 3.63) is 78.6 Å². The van der Waals surface area contributed by atoms with Crippen LogP contribution in [0.5, 0.6) is 5.88 Å². The van der Waals surface area contributed by atoms with Crippen LogP contribution in [-0.2, 0) is 0 Å². The van der Waals surface area contributed by atoms with E-state index in [1.165, 1.54) is 0 Å². The van der Waals surface area contributed by atoms with Crippen LogP contribution in [0.2, 0.25) is 0 Å². The quantitative estimate of drug-likeness (QED) is 0.440. The fourth-order valence-corrected chi connectivity index (χ4v) is 3.12. The van der Waals surface area contributed by atoms with Crippen molar-refractivity contribution in [2.45, 2.75) is 0 Å². The number of benzene rings is 2. The molecule has 3 heterocycles. The minimum absolute atomic E-state index is 0.257. The molecule has 0 aliphatic carbocycles. The first-order valence-electron chi connectivity index (χ1n) is 9.45. The number of nitrogens with one attached hydrogen (secondary N) is 1. The molecule has 0 bridgehead atoms. The molecule has 1 amide bonds. The van der Waals surface area contributed by atoms with E-state index < -0.39 is 0 Å². The van der Waals surface area contributed by atoms with E-state index in [-0.39, 0.29) is 18.3 Å². The predicted octanol–water partition coefficient (Wildman–Crippen LogP) is 3.35. The number of furan rings is 1. The highest BCUT2D eigenvalue weighted by atomic mass is 16.5. The van der Waals surface area contributed by atoms with E-state index >= 15 is 0 Å². The van der Waals surface area contributed by atoms with Crippen LogP contribution in [-0.4, -0.2) is 38.9 Å². The number of rotatable bonds is 6. The fourth-order valence-electron chi connectivity index (χ4n) is 3.12. The molecule has 0 saturated carbocycles. The van der Waals surface area contributed by atoms with Crippen LogP contribution in [0.25, 0.3) is 28.0 Å². The van der Waals surface area contributed by atoms with Gasteiger partial charge in [0.15, 0.2) is 17.2 Å². The Morgan fingerprint density at radius 3 is 2.70 bits per heavy atom. The number of para-hydroxylation sites is 1. The molecule has 0 aliphatic heterocycles. The van der Waals surface area contributed by atoms with Crippen LogP contribution in [0.4, 0.5) is 0 Å². The zero-order valence-electron chi connectivity index (χ0n) is 15.9. The van der Waals surface area contributed by atoms with Crippen LogP contribution in [0.15, 0.2) is 77.2 Å². The maximum absolute atomic E-state index is 12.3. The van der Waals surface area contributed by atoms with E-state index in [0.717, 1.165) is 10.9 Å². The van der Waals surface area contributed by atoms with Gasteiger partial charge in [-0.3, -0.25) is 4.79 Å². The van der Waals surface area contributed by atoms with Crippen molar-refractivity contribution in [2.24, 2.45) is 0 Å². The molecule has 0 saturated heterocycles. The van der Waals surface area contributed by atoms with Gasteiger partial charge < -0.3 is 14.5 Å². The third kappa shape index (κ3) is 3.46. The van der Waals surface area contributed by atoms with Crippen molar-refractivity contribution in [3.63, 3.8) is 0 Å². The van der Waals surface area contributed by atoms with Crippen molar-refractivity contribution < 1.29 is 13.9 Å². The molecule has 148 valence electrons. The second-order valence-electron chi connectivity index (χ2n) is 6.58.